The summed E-state index contributed by atoms with van der Waals surface area (Å²) in [4.78, 5) is 0. The zero-order valence-corrected chi connectivity index (χ0v) is 8.17. The maximum absolute atomic E-state index is 3.38. The summed E-state index contributed by atoms with van der Waals surface area (Å²) in [6, 6.07) is 16.0. The van der Waals surface area contributed by atoms with Crippen LogP contribution in [-0.4, -0.2) is 0 Å². The molecule has 0 heterocycles. The van der Waals surface area contributed by atoms with E-state index in [1.807, 2.05) is 0 Å². The number of rotatable bonds is 1. The molecule has 2 aromatic carbocycles. The molecule has 0 nitrogen and oxygen atoms in total. The van der Waals surface area contributed by atoms with Crippen LogP contribution in [-0.2, 0) is 6.42 Å². The summed E-state index contributed by atoms with van der Waals surface area (Å²) >= 11 is 0. The van der Waals surface area contributed by atoms with E-state index >= 15 is 0 Å². The van der Waals surface area contributed by atoms with E-state index in [4.69, 9.17) is 0 Å². The molecule has 0 aliphatic rings. The summed E-state index contributed by atoms with van der Waals surface area (Å²) in [5.41, 5.74) is 1.29. The fourth-order valence-corrected chi connectivity index (χ4v) is 1.37. The SMILES string of the molecule is CCc1[c-]c2ccccc2cc1.[Li+]. The Kier molecular flexibility index (Phi) is 3.60. The van der Waals surface area contributed by atoms with Crippen LogP contribution in [0, 0.1) is 6.07 Å². The van der Waals surface area contributed by atoms with Crippen molar-refractivity contribution in [2.45, 2.75) is 13.3 Å². The molecule has 0 spiro atoms. The molecule has 0 atom stereocenters. The fraction of sp³-hybridized carbons (Fsp3) is 0.167. The predicted molar refractivity (Wildman–Crippen MR) is 52.2 cm³/mol. The molecule has 0 radical (unpaired) electrons. The Bertz CT molecular complexity index is 393. The van der Waals surface area contributed by atoms with Gasteiger partial charge < -0.3 is 0 Å². The van der Waals surface area contributed by atoms with Gasteiger partial charge >= 0.3 is 18.9 Å². The molecular weight excluding hydrogens is 151 g/mol. The van der Waals surface area contributed by atoms with Gasteiger partial charge in [-0.2, -0.15) is 0 Å². The molecule has 0 bridgehead atoms. The zero-order chi connectivity index (χ0) is 8.39. The first-order chi connectivity index (χ1) is 5.90. The van der Waals surface area contributed by atoms with Gasteiger partial charge in [0, 0.05) is 0 Å². The molecule has 0 amide bonds. The number of benzene rings is 2. The van der Waals surface area contributed by atoms with Crippen molar-refractivity contribution in [3.05, 3.63) is 48.0 Å². The van der Waals surface area contributed by atoms with Crippen LogP contribution in [0.25, 0.3) is 10.8 Å². The van der Waals surface area contributed by atoms with Crippen LogP contribution in [0.4, 0.5) is 0 Å². The quantitative estimate of drug-likeness (QED) is 0.415. The molecule has 13 heavy (non-hydrogen) atoms. The molecule has 0 saturated carbocycles. The van der Waals surface area contributed by atoms with Gasteiger partial charge in [-0.25, -0.2) is 0 Å². The van der Waals surface area contributed by atoms with Gasteiger partial charge in [0.2, 0.25) is 0 Å². The normalized spacial score (nSPS) is 9.62. The molecule has 0 aliphatic carbocycles. The van der Waals surface area contributed by atoms with Crippen molar-refractivity contribution < 1.29 is 18.9 Å². The second kappa shape index (κ2) is 4.51. The van der Waals surface area contributed by atoms with Crippen molar-refractivity contribution in [3.8, 4) is 0 Å². The largest absolute Gasteiger partial charge is 1.00 e. The Morgan fingerprint density at radius 1 is 1.08 bits per heavy atom. The van der Waals surface area contributed by atoms with Gasteiger partial charge in [-0.1, -0.05) is 19.1 Å². The molecule has 2 rings (SSSR count). The molecule has 0 unspecified atom stereocenters. The van der Waals surface area contributed by atoms with E-state index in [0.717, 1.165) is 6.42 Å². The first-order valence-electron chi connectivity index (χ1n) is 4.30. The molecule has 2 aromatic rings. The minimum absolute atomic E-state index is 0. The Morgan fingerprint density at radius 3 is 2.62 bits per heavy atom. The van der Waals surface area contributed by atoms with E-state index in [0.29, 0.717) is 0 Å². The van der Waals surface area contributed by atoms with Crippen LogP contribution in [0.5, 0.6) is 0 Å². The number of hydrogen-bond acceptors (Lipinski definition) is 0. The van der Waals surface area contributed by atoms with E-state index < -0.39 is 0 Å². The smallest absolute Gasteiger partial charge is 0.143 e. The van der Waals surface area contributed by atoms with Crippen molar-refractivity contribution in [2.75, 3.05) is 0 Å². The van der Waals surface area contributed by atoms with Crippen LogP contribution in [0.2, 0.25) is 0 Å². The second-order valence-electron chi connectivity index (χ2n) is 2.92. The van der Waals surface area contributed by atoms with E-state index in [1.165, 1.54) is 16.3 Å². The monoisotopic (exact) mass is 162 g/mol. The van der Waals surface area contributed by atoms with E-state index in [9.17, 15) is 0 Å². The Labute approximate surface area is 91.1 Å². The van der Waals surface area contributed by atoms with E-state index in [2.05, 4.69) is 49.4 Å². The molecule has 0 saturated heterocycles. The van der Waals surface area contributed by atoms with Crippen molar-refractivity contribution in [2.24, 2.45) is 0 Å². The molecule has 0 N–H and O–H groups in total. The second-order valence-corrected chi connectivity index (χ2v) is 2.92. The van der Waals surface area contributed by atoms with Gasteiger partial charge in [0.05, 0.1) is 0 Å². The summed E-state index contributed by atoms with van der Waals surface area (Å²) in [6.07, 6.45) is 1.06. The first kappa shape index (κ1) is 10.4. The third-order valence-corrected chi connectivity index (χ3v) is 2.10. The van der Waals surface area contributed by atoms with Crippen molar-refractivity contribution in [1.29, 1.82) is 0 Å². The number of fused-ring (bicyclic) bond motifs is 1. The van der Waals surface area contributed by atoms with Crippen LogP contribution >= 0.6 is 0 Å². The van der Waals surface area contributed by atoms with E-state index in [-0.39, 0.29) is 18.9 Å². The minimum Gasteiger partial charge on any atom is -0.143 e. The standard InChI is InChI=1S/C12H11.Li/c1-2-10-7-8-11-5-3-4-6-12(11)9-10;/h3-8H,2H2,1H3;/q-1;+1. The topological polar surface area (TPSA) is 0 Å². The Balaban J connectivity index is 0.000000845. The fourth-order valence-electron chi connectivity index (χ4n) is 1.37. The molecular formula is C12H11Li. The summed E-state index contributed by atoms with van der Waals surface area (Å²) in [6.45, 7) is 2.15. The minimum atomic E-state index is 0. The first-order valence-corrected chi connectivity index (χ1v) is 4.30. The van der Waals surface area contributed by atoms with Crippen LogP contribution < -0.4 is 18.9 Å². The average molecular weight is 162 g/mol. The van der Waals surface area contributed by atoms with Crippen molar-refractivity contribution in [3.63, 3.8) is 0 Å². The van der Waals surface area contributed by atoms with Crippen LogP contribution in [0.15, 0.2) is 36.4 Å². The maximum atomic E-state index is 3.38. The van der Waals surface area contributed by atoms with Gasteiger partial charge in [0.25, 0.3) is 0 Å². The van der Waals surface area contributed by atoms with E-state index in [1.54, 1.807) is 0 Å². The zero-order valence-electron chi connectivity index (χ0n) is 8.17. The number of aryl methyl sites for hydroxylation is 1. The summed E-state index contributed by atoms with van der Waals surface area (Å²) < 4.78 is 0. The van der Waals surface area contributed by atoms with Crippen LogP contribution in [0.1, 0.15) is 12.5 Å². The van der Waals surface area contributed by atoms with Gasteiger partial charge in [0.15, 0.2) is 0 Å². The Hall–Kier alpha value is -0.703. The van der Waals surface area contributed by atoms with Crippen molar-refractivity contribution in [1.82, 2.24) is 0 Å². The maximum Gasteiger partial charge on any atom is 1.00 e. The molecule has 0 fully saturated rings. The molecule has 60 valence electrons. The van der Waals surface area contributed by atoms with Gasteiger partial charge in [0.1, 0.15) is 0 Å². The Morgan fingerprint density at radius 2 is 1.85 bits per heavy atom. The molecule has 0 aromatic heterocycles. The van der Waals surface area contributed by atoms with Crippen molar-refractivity contribution >= 4 is 10.8 Å². The van der Waals surface area contributed by atoms with Gasteiger partial charge in [-0.05, 0) is 6.42 Å². The van der Waals surface area contributed by atoms with Gasteiger partial charge in [-0.15, -0.1) is 46.7 Å². The third-order valence-electron chi connectivity index (χ3n) is 2.10. The van der Waals surface area contributed by atoms with Crippen LogP contribution in [0.3, 0.4) is 0 Å². The summed E-state index contributed by atoms with van der Waals surface area (Å²) in [7, 11) is 0. The average Bonchev–Trinajstić information content (AvgIpc) is 2.17. The summed E-state index contributed by atoms with van der Waals surface area (Å²) in [5, 5.41) is 2.49. The predicted octanol–water partition coefficient (Wildman–Crippen LogP) is 0.206. The number of hydrogen-bond donors (Lipinski definition) is 0. The van der Waals surface area contributed by atoms with Gasteiger partial charge in [-0.3, -0.25) is 0 Å². The summed E-state index contributed by atoms with van der Waals surface area (Å²) in [5.74, 6) is 0. The molecule has 0 aliphatic heterocycles. The third kappa shape index (κ3) is 2.15. The molecule has 1 heteroatoms.